The molecule has 4 atom stereocenters. The minimum Gasteiger partial charge on any atom is -0.475 e. The number of aromatic nitrogens is 4. The van der Waals surface area contributed by atoms with Crippen molar-refractivity contribution in [3.8, 4) is 5.88 Å². The SMILES string of the molecule is CCOc1nc(SC)nn2c([C@]3(O)O[C@H](COCc4ccccc4)[C@@H](OCc4ccccc4)[C@H]3F)cnc12. The van der Waals surface area contributed by atoms with E-state index in [9.17, 15) is 5.11 Å². The highest BCUT2D eigenvalue weighted by Crippen LogP contribution is 2.42. The number of fused-ring (bicyclic) bond motifs is 1. The Morgan fingerprint density at radius 2 is 1.76 bits per heavy atom. The molecule has 200 valence electrons. The summed E-state index contributed by atoms with van der Waals surface area (Å²) in [7, 11) is 0. The second kappa shape index (κ2) is 11.7. The van der Waals surface area contributed by atoms with E-state index in [1.165, 1.54) is 22.5 Å². The standard InChI is InChI=1S/C27H29FN4O5S/c1-3-35-25-24-29-14-21(32(24)31-26(30-25)38-2)27(33)23(28)22(36-16-19-12-8-5-9-13-19)20(37-27)17-34-15-18-10-6-4-7-11-18/h4-14,20,22-23,33H,3,15-17H2,1-2H3/t20-,22-,23-,27+/m1/s1. The number of alkyl halides is 1. The molecule has 1 aliphatic heterocycles. The van der Waals surface area contributed by atoms with Gasteiger partial charge < -0.3 is 24.1 Å². The van der Waals surface area contributed by atoms with E-state index in [2.05, 4.69) is 15.1 Å². The maximum Gasteiger partial charge on any atom is 0.262 e. The van der Waals surface area contributed by atoms with Crippen molar-refractivity contribution in [3.63, 3.8) is 0 Å². The number of ether oxygens (including phenoxy) is 4. The van der Waals surface area contributed by atoms with Crippen LogP contribution < -0.4 is 4.74 Å². The molecule has 0 radical (unpaired) electrons. The summed E-state index contributed by atoms with van der Waals surface area (Å²) in [6.07, 6.45) is -0.847. The van der Waals surface area contributed by atoms with Gasteiger partial charge in [-0.2, -0.15) is 4.98 Å². The number of aliphatic hydroxyl groups is 1. The average Bonchev–Trinajstić information content (AvgIpc) is 3.48. The first kappa shape index (κ1) is 26.5. The number of hydrogen-bond donors (Lipinski definition) is 1. The van der Waals surface area contributed by atoms with Crippen LogP contribution >= 0.6 is 11.8 Å². The summed E-state index contributed by atoms with van der Waals surface area (Å²) in [5, 5.41) is 16.4. The van der Waals surface area contributed by atoms with Crippen LogP contribution in [0.15, 0.2) is 72.0 Å². The van der Waals surface area contributed by atoms with Gasteiger partial charge >= 0.3 is 0 Å². The van der Waals surface area contributed by atoms with Crippen molar-refractivity contribution < 1.29 is 28.4 Å². The molecule has 5 rings (SSSR count). The van der Waals surface area contributed by atoms with Crippen molar-refractivity contribution >= 4 is 17.4 Å². The number of thioether (sulfide) groups is 1. The van der Waals surface area contributed by atoms with Crippen LogP contribution in [0.2, 0.25) is 0 Å². The summed E-state index contributed by atoms with van der Waals surface area (Å²) in [6.45, 7) is 2.62. The Morgan fingerprint density at radius 3 is 2.42 bits per heavy atom. The molecule has 0 aliphatic carbocycles. The van der Waals surface area contributed by atoms with Crippen molar-refractivity contribution in [1.82, 2.24) is 19.6 Å². The van der Waals surface area contributed by atoms with Gasteiger partial charge in [0.05, 0.1) is 32.6 Å². The molecule has 3 heterocycles. The molecular weight excluding hydrogens is 511 g/mol. The molecule has 0 saturated carbocycles. The predicted molar refractivity (Wildman–Crippen MR) is 139 cm³/mol. The number of rotatable bonds is 11. The van der Waals surface area contributed by atoms with Crippen molar-refractivity contribution in [3.05, 3.63) is 83.7 Å². The van der Waals surface area contributed by atoms with E-state index in [1.807, 2.05) is 67.6 Å². The van der Waals surface area contributed by atoms with Gasteiger partial charge in [-0.25, -0.2) is 13.9 Å². The Kier molecular flexibility index (Phi) is 8.20. The average molecular weight is 541 g/mol. The molecule has 1 aliphatic rings. The molecular formula is C27H29FN4O5S. The number of imidazole rings is 1. The molecule has 2 aromatic carbocycles. The van der Waals surface area contributed by atoms with Gasteiger partial charge in [0.15, 0.2) is 6.17 Å². The van der Waals surface area contributed by atoms with E-state index < -0.39 is 24.2 Å². The third kappa shape index (κ3) is 5.38. The van der Waals surface area contributed by atoms with Crippen LogP contribution in [0.25, 0.3) is 5.65 Å². The Morgan fingerprint density at radius 1 is 1.08 bits per heavy atom. The Hall–Kier alpha value is -3.09. The van der Waals surface area contributed by atoms with E-state index in [0.717, 1.165) is 11.1 Å². The van der Waals surface area contributed by atoms with Crippen LogP contribution in [0.1, 0.15) is 23.7 Å². The summed E-state index contributed by atoms with van der Waals surface area (Å²) in [6, 6.07) is 19.0. The predicted octanol–water partition coefficient (Wildman–Crippen LogP) is 3.93. The summed E-state index contributed by atoms with van der Waals surface area (Å²) >= 11 is 1.28. The van der Waals surface area contributed by atoms with E-state index >= 15 is 4.39 Å². The van der Waals surface area contributed by atoms with E-state index in [-0.39, 0.29) is 30.4 Å². The van der Waals surface area contributed by atoms with Crippen molar-refractivity contribution in [2.45, 2.75) is 49.5 Å². The van der Waals surface area contributed by atoms with Crippen LogP contribution in [0.3, 0.4) is 0 Å². The van der Waals surface area contributed by atoms with Crippen LogP contribution in [0.4, 0.5) is 4.39 Å². The Labute approximate surface area is 223 Å². The first-order valence-electron chi connectivity index (χ1n) is 12.3. The number of halogens is 1. The second-order valence-electron chi connectivity index (χ2n) is 8.73. The fraction of sp³-hybridized carbons (Fsp3) is 0.370. The van der Waals surface area contributed by atoms with Crippen molar-refractivity contribution in [1.29, 1.82) is 0 Å². The van der Waals surface area contributed by atoms with Gasteiger partial charge in [-0.15, -0.1) is 5.10 Å². The van der Waals surface area contributed by atoms with E-state index in [4.69, 9.17) is 18.9 Å². The molecule has 9 nitrogen and oxygen atoms in total. The smallest absolute Gasteiger partial charge is 0.262 e. The second-order valence-corrected chi connectivity index (χ2v) is 9.51. The summed E-state index contributed by atoms with van der Waals surface area (Å²) in [5.74, 6) is -2.16. The zero-order chi connectivity index (χ0) is 26.5. The van der Waals surface area contributed by atoms with Gasteiger partial charge in [0.2, 0.25) is 16.6 Å². The Bertz CT molecular complexity index is 1350. The molecule has 0 amide bonds. The van der Waals surface area contributed by atoms with Crippen LogP contribution in [0, 0.1) is 0 Å². The minimum absolute atomic E-state index is 0.00303. The molecule has 1 fully saturated rings. The van der Waals surface area contributed by atoms with Gasteiger partial charge in [-0.1, -0.05) is 72.4 Å². The molecule has 1 saturated heterocycles. The van der Waals surface area contributed by atoms with Crippen LogP contribution in [-0.4, -0.2) is 62.5 Å². The third-order valence-corrected chi connectivity index (χ3v) is 6.72. The monoisotopic (exact) mass is 540 g/mol. The summed E-state index contributed by atoms with van der Waals surface area (Å²) in [4.78, 5) is 8.65. The topological polar surface area (TPSA) is 100 Å². The fourth-order valence-corrected chi connectivity index (χ4v) is 4.67. The molecule has 4 aromatic rings. The fourth-order valence-electron chi connectivity index (χ4n) is 4.33. The zero-order valence-corrected chi connectivity index (χ0v) is 21.9. The summed E-state index contributed by atoms with van der Waals surface area (Å²) < 4.78 is 41.0. The van der Waals surface area contributed by atoms with Gasteiger partial charge in [0, 0.05) is 0 Å². The largest absolute Gasteiger partial charge is 0.475 e. The van der Waals surface area contributed by atoms with E-state index in [1.54, 1.807) is 6.26 Å². The first-order chi connectivity index (χ1) is 18.5. The van der Waals surface area contributed by atoms with Gasteiger partial charge in [-0.3, -0.25) is 0 Å². The highest BCUT2D eigenvalue weighted by Gasteiger charge is 2.59. The maximum atomic E-state index is 16.2. The number of benzene rings is 2. The van der Waals surface area contributed by atoms with E-state index in [0.29, 0.717) is 18.4 Å². The molecule has 2 aromatic heterocycles. The summed E-state index contributed by atoms with van der Waals surface area (Å²) in [5.41, 5.74) is 2.09. The zero-order valence-electron chi connectivity index (χ0n) is 21.1. The van der Waals surface area contributed by atoms with Crippen molar-refractivity contribution in [2.75, 3.05) is 19.5 Å². The highest BCUT2D eigenvalue weighted by atomic mass is 32.2. The third-order valence-electron chi connectivity index (χ3n) is 6.18. The number of nitrogens with zero attached hydrogens (tertiary/aromatic N) is 4. The lowest BCUT2D eigenvalue weighted by Crippen LogP contribution is -2.40. The quantitative estimate of drug-likeness (QED) is 0.284. The van der Waals surface area contributed by atoms with Crippen LogP contribution in [0.5, 0.6) is 5.88 Å². The van der Waals surface area contributed by atoms with Gasteiger partial charge in [0.25, 0.3) is 5.88 Å². The minimum atomic E-state index is -2.39. The molecule has 0 unspecified atom stereocenters. The normalized spacial score (nSPS) is 23.2. The molecule has 0 bridgehead atoms. The lowest BCUT2D eigenvalue weighted by atomic mass is 10.0. The van der Waals surface area contributed by atoms with Crippen LogP contribution in [-0.2, 0) is 33.2 Å². The maximum absolute atomic E-state index is 16.2. The lowest BCUT2D eigenvalue weighted by molar-refractivity contribution is -0.232. The lowest BCUT2D eigenvalue weighted by Gasteiger charge is -2.24. The highest BCUT2D eigenvalue weighted by molar-refractivity contribution is 7.98. The molecule has 1 N–H and O–H groups in total. The van der Waals surface area contributed by atoms with Gasteiger partial charge in [-0.05, 0) is 24.3 Å². The first-order valence-corrected chi connectivity index (χ1v) is 13.5. The molecule has 38 heavy (non-hydrogen) atoms. The molecule has 0 spiro atoms. The van der Waals surface area contributed by atoms with Gasteiger partial charge in [0.1, 0.15) is 17.9 Å². The number of hydrogen-bond acceptors (Lipinski definition) is 9. The Balaban J connectivity index is 1.44. The molecule has 11 heteroatoms. The van der Waals surface area contributed by atoms with Crippen molar-refractivity contribution in [2.24, 2.45) is 0 Å².